The van der Waals surface area contributed by atoms with Gasteiger partial charge in [0.2, 0.25) is 11.8 Å². The molecule has 4 rings (SSSR count). The van der Waals surface area contributed by atoms with E-state index < -0.39 is 0 Å². The highest BCUT2D eigenvalue weighted by Gasteiger charge is 2.08. The molecule has 1 aromatic heterocycles. The second-order valence-corrected chi connectivity index (χ2v) is 6.30. The van der Waals surface area contributed by atoms with Crippen molar-refractivity contribution in [3.05, 3.63) is 90.0 Å². The maximum Gasteiger partial charge on any atom is 0.248 e. The highest BCUT2D eigenvalue weighted by atomic mass is 16.3. The van der Waals surface area contributed by atoms with Crippen molar-refractivity contribution in [3.8, 4) is 11.5 Å². The molecule has 1 amide bonds. The van der Waals surface area contributed by atoms with E-state index in [1.165, 1.54) is 6.08 Å². The summed E-state index contributed by atoms with van der Waals surface area (Å²) in [5.74, 6) is 0.390. The van der Waals surface area contributed by atoms with Gasteiger partial charge >= 0.3 is 0 Å². The van der Waals surface area contributed by atoms with E-state index in [1.54, 1.807) is 6.08 Å². The Bertz CT molecular complexity index is 1110. The number of rotatable bonds is 4. The molecule has 0 atom stereocenters. The summed E-state index contributed by atoms with van der Waals surface area (Å²) in [6.45, 7) is 2.02. The Hall–Kier alpha value is -3.66. The molecule has 0 bridgehead atoms. The van der Waals surface area contributed by atoms with Crippen LogP contribution >= 0.6 is 0 Å². The first-order valence-electron chi connectivity index (χ1n) is 8.69. The lowest BCUT2D eigenvalue weighted by molar-refractivity contribution is -0.111. The fraction of sp³-hybridized carbons (Fsp3) is 0.0435. The Morgan fingerprint density at radius 1 is 1.00 bits per heavy atom. The van der Waals surface area contributed by atoms with Gasteiger partial charge in [-0.1, -0.05) is 36.4 Å². The number of anilines is 1. The maximum absolute atomic E-state index is 12.1. The molecular weight excluding hydrogens is 336 g/mol. The lowest BCUT2D eigenvalue weighted by Crippen LogP contribution is -2.07. The van der Waals surface area contributed by atoms with Gasteiger partial charge in [0.25, 0.3) is 0 Å². The van der Waals surface area contributed by atoms with Gasteiger partial charge in [-0.2, -0.15) is 0 Å². The van der Waals surface area contributed by atoms with Gasteiger partial charge in [0.15, 0.2) is 5.58 Å². The van der Waals surface area contributed by atoms with Gasteiger partial charge in [-0.05, 0) is 60.5 Å². The standard InChI is InChI=1S/C23H18N2O2/c1-16-7-13-20-21(15-16)27-23(25-20)18-9-11-19(12-10-18)24-22(26)14-8-17-5-3-2-4-6-17/h2-15H,1H3,(H,24,26)/b14-8-. The number of amides is 1. The molecule has 4 aromatic rings. The number of hydrogen-bond acceptors (Lipinski definition) is 3. The van der Waals surface area contributed by atoms with Gasteiger partial charge in [0.1, 0.15) is 5.52 Å². The van der Waals surface area contributed by atoms with E-state index in [9.17, 15) is 4.79 Å². The minimum atomic E-state index is -0.177. The van der Waals surface area contributed by atoms with E-state index in [0.29, 0.717) is 11.6 Å². The number of hydrogen-bond donors (Lipinski definition) is 1. The van der Waals surface area contributed by atoms with Crippen molar-refractivity contribution >= 4 is 28.8 Å². The molecule has 1 heterocycles. The molecule has 27 heavy (non-hydrogen) atoms. The first kappa shape index (κ1) is 16.8. The third-order valence-corrected chi connectivity index (χ3v) is 4.17. The molecule has 4 nitrogen and oxygen atoms in total. The van der Waals surface area contributed by atoms with E-state index in [-0.39, 0.29) is 5.91 Å². The summed E-state index contributed by atoms with van der Waals surface area (Å²) in [6, 6.07) is 23.1. The van der Waals surface area contributed by atoms with Gasteiger partial charge < -0.3 is 9.73 Å². The number of fused-ring (bicyclic) bond motifs is 1. The lowest BCUT2D eigenvalue weighted by atomic mass is 10.2. The first-order chi connectivity index (χ1) is 13.2. The highest BCUT2D eigenvalue weighted by Crippen LogP contribution is 2.26. The smallest absolute Gasteiger partial charge is 0.248 e. The molecule has 1 N–H and O–H groups in total. The van der Waals surface area contributed by atoms with E-state index in [0.717, 1.165) is 27.8 Å². The van der Waals surface area contributed by atoms with E-state index in [1.807, 2.05) is 79.7 Å². The highest BCUT2D eigenvalue weighted by molar-refractivity contribution is 6.02. The summed E-state index contributed by atoms with van der Waals surface area (Å²) in [4.78, 5) is 16.6. The second-order valence-electron chi connectivity index (χ2n) is 6.30. The van der Waals surface area contributed by atoms with Crippen LogP contribution in [0.3, 0.4) is 0 Å². The Morgan fingerprint density at radius 2 is 1.78 bits per heavy atom. The Balaban J connectivity index is 1.46. The number of carbonyl (C=O) groups excluding carboxylic acids is 1. The molecule has 3 aromatic carbocycles. The average molecular weight is 354 g/mol. The van der Waals surface area contributed by atoms with Crippen molar-refractivity contribution in [1.82, 2.24) is 4.98 Å². The Labute approximate surface area is 157 Å². The van der Waals surface area contributed by atoms with Gasteiger partial charge in [-0.3, -0.25) is 4.79 Å². The van der Waals surface area contributed by atoms with Crippen LogP contribution in [0.4, 0.5) is 5.69 Å². The van der Waals surface area contributed by atoms with Gasteiger partial charge in [-0.15, -0.1) is 0 Å². The summed E-state index contributed by atoms with van der Waals surface area (Å²) in [5.41, 5.74) is 5.29. The molecule has 132 valence electrons. The van der Waals surface area contributed by atoms with Crippen molar-refractivity contribution < 1.29 is 9.21 Å². The fourth-order valence-corrected chi connectivity index (χ4v) is 2.77. The molecule has 0 spiro atoms. The zero-order valence-corrected chi connectivity index (χ0v) is 14.8. The molecular formula is C23H18N2O2. The molecule has 0 aliphatic rings. The molecule has 0 fully saturated rings. The van der Waals surface area contributed by atoms with E-state index in [4.69, 9.17) is 4.42 Å². The topological polar surface area (TPSA) is 55.1 Å². The van der Waals surface area contributed by atoms with Crippen LogP contribution in [-0.2, 0) is 4.79 Å². The van der Waals surface area contributed by atoms with Crippen LogP contribution in [0, 0.1) is 6.92 Å². The SMILES string of the molecule is Cc1ccc2nc(-c3ccc(NC(=O)/C=C\c4ccccc4)cc3)oc2c1. The average Bonchev–Trinajstić information content (AvgIpc) is 3.11. The van der Waals surface area contributed by atoms with Crippen LogP contribution in [0.15, 0.2) is 83.3 Å². The monoisotopic (exact) mass is 354 g/mol. The zero-order valence-electron chi connectivity index (χ0n) is 14.8. The van der Waals surface area contributed by atoms with Crippen molar-refractivity contribution in [2.45, 2.75) is 6.92 Å². The molecule has 0 radical (unpaired) electrons. The number of benzene rings is 3. The molecule has 0 aliphatic heterocycles. The summed E-state index contributed by atoms with van der Waals surface area (Å²) >= 11 is 0. The van der Waals surface area contributed by atoms with Crippen molar-refractivity contribution in [2.75, 3.05) is 5.32 Å². The van der Waals surface area contributed by atoms with Gasteiger partial charge in [0, 0.05) is 17.3 Å². The fourth-order valence-electron chi connectivity index (χ4n) is 2.77. The lowest BCUT2D eigenvalue weighted by Gasteiger charge is -2.03. The zero-order chi connectivity index (χ0) is 18.6. The van der Waals surface area contributed by atoms with Crippen LogP contribution in [0.2, 0.25) is 0 Å². The Kier molecular flexibility index (Phi) is 4.54. The van der Waals surface area contributed by atoms with Crippen molar-refractivity contribution in [3.63, 3.8) is 0 Å². The van der Waals surface area contributed by atoms with Crippen LogP contribution in [-0.4, -0.2) is 10.9 Å². The van der Waals surface area contributed by atoms with E-state index >= 15 is 0 Å². The van der Waals surface area contributed by atoms with E-state index in [2.05, 4.69) is 10.3 Å². The molecule has 4 heteroatoms. The number of nitrogens with zero attached hydrogens (tertiary/aromatic N) is 1. The number of aromatic nitrogens is 1. The molecule has 0 saturated carbocycles. The predicted molar refractivity (Wildman–Crippen MR) is 108 cm³/mol. The number of carbonyl (C=O) groups is 1. The largest absolute Gasteiger partial charge is 0.436 e. The molecule has 0 saturated heterocycles. The van der Waals surface area contributed by atoms with Crippen LogP contribution in [0.1, 0.15) is 11.1 Å². The van der Waals surface area contributed by atoms with Crippen LogP contribution < -0.4 is 5.32 Å². The quantitative estimate of drug-likeness (QED) is 0.495. The third-order valence-electron chi connectivity index (χ3n) is 4.17. The Morgan fingerprint density at radius 3 is 2.56 bits per heavy atom. The predicted octanol–water partition coefficient (Wildman–Crippen LogP) is 5.46. The van der Waals surface area contributed by atoms with Crippen molar-refractivity contribution in [1.29, 1.82) is 0 Å². The van der Waals surface area contributed by atoms with Crippen molar-refractivity contribution in [2.24, 2.45) is 0 Å². The summed E-state index contributed by atoms with van der Waals surface area (Å²) < 4.78 is 5.83. The summed E-state index contributed by atoms with van der Waals surface area (Å²) in [6.07, 6.45) is 3.30. The van der Waals surface area contributed by atoms with Crippen LogP contribution in [0.5, 0.6) is 0 Å². The van der Waals surface area contributed by atoms with Gasteiger partial charge in [-0.25, -0.2) is 4.98 Å². The number of nitrogens with one attached hydrogen (secondary N) is 1. The minimum absolute atomic E-state index is 0.177. The van der Waals surface area contributed by atoms with Gasteiger partial charge in [0.05, 0.1) is 0 Å². The maximum atomic E-state index is 12.1. The second kappa shape index (κ2) is 7.30. The molecule has 0 aliphatic carbocycles. The summed E-state index contributed by atoms with van der Waals surface area (Å²) in [7, 11) is 0. The molecule has 0 unspecified atom stereocenters. The number of aryl methyl sites for hydroxylation is 1. The normalized spacial score (nSPS) is 11.1. The summed E-state index contributed by atoms with van der Waals surface area (Å²) in [5, 5.41) is 2.85. The number of oxazole rings is 1. The minimum Gasteiger partial charge on any atom is -0.436 e. The third kappa shape index (κ3) is 3.96. The first-order valence-corrected chi connectivity index (χ1v) is 8.69. The van der Waals surface area contributed by atoms with Crippen LogP contribution in [0.25, 0.3) is 28.6 Å².